The Hall–Kier alpha value is 0.590. The molecule has 158 valence electrons. The molecule has 4 aliphatic rings. The number of thioether (sulfide) groups is 1. The number of rotatable bonds is 2. The molecule has 0 N–H and O–H groups in total. The lowest BCUT2D eigenvalue weighted by atomic mass is 9.94. The SMILES string of the molecule is C1=C\CCC(N2CCCCC2)C2CCC(S2)C(N2CCCCC2)CC/1.Cl.Cl. The number of hydrogen-bond donors (Lipinski definition) is 0. The Morgan fingerprint density at radius 3 is 1.37 bits per heavy atom. The Bertz CT molecular complexity index is 398. The first kappa shape index (κ1) is 23.9. The van der Waals surface area contributed by atoms with E-state index in [-0.39, 0.29) is 24.8 Å². The summed E-state index contributed by atoms with van der Waals surface area (Å²) < 4.78 is 0. The summed E-state index contributed by atoms with van der Waals surface area (Å²) in [6.45, 7) is 5.47. The number of piperidine rings is 2. The molecule has 4 unspecified atom stereocenters. The van der Waals surface area contributed by atoms with Crippen molar-refractivity contribution >= 4 is 36.6 Å². The van der Waals surface area contributed by atoms with Crippen molar-refractivity contribution in [2.45, 2.75) is 99.6 Å². The Labute approximate surface area is 184 Å². The average Bonchev–Trinajstić information content (AvgIpc) is 3.12. The van der Waals surface area contributed by atoms with Crippen LogP contribution in [0.2, 0.25) is 0 Å². The molecule has 3 fully saturated rings. The Kier molecular flexibility index (Phi) is 10.9. The van der Waals surface area contributed by atoms with Gasteiger partial charge in [-0.15, -0.1) is 24.8 Å². The first-order valence-corrected chi connectivity index (χ1v) is 12.1. The van der Waals surface area contributed by atoms with Crippen LogP contribution >= 0.6 is 36.6 Å². The van der Waals surface area contributed by atoms with Crippen molar-refractivity contribution in [2.24, 2.45) is 0 Å². The lowest BCUT2D eigenvalue weighted by molar-refractivity contribution is 0.147. The Balaban J connectivity index is 0.00000131. The molecule has 0 spiro atoms. The first-order chi connectivity index (χ1) is 12.4. The summed E-state index contributed by atoms with van der Waals surface area (Å²) in [4.78, 5) is 5.76. The zero-order chi connectivity index (χ0) is 16.9. The summed E-state index contributed by atoms with van der Waals surface area (Å²) in [5.41, 5.74) is 0. The molecule has 0 aromatic carbocycles. The van der Waals surface area contributed by atoms with Gasteiger partial charge in [-0.25, -0.2) is 0 Å². The van der Waals surface area contributed by atoms with E-state index in [0.29, 0.717) is 0 Å². The first-order valence-electron chi connectivity index (χ1n) is 11.2. The number of allylic oxidation sites excluding steroid dienone is 2. The Morgan fingerprint density at radius 2 is 0.963 bits per heavy atom. The van der Waals surface area contributed by atoms with Crippen molar-refractivity contribution < 1.29 is 0 Å². The highest BCUT2D eigenvalue weighted by molar-refractivity contribution is 8.00. The fourth-order valence-electron chi connectivity index (χ4n) is 5.73. The maximum atomic E-state index is 2.88. The van der Waals surface area contributed by atoms with Gasteiger partial charge < -0.3 is 0 Å². The van der Waals surface area contributed by atoms with E-state index < -0.39 is 0 Å². The molecule has 0 aliphatic carbocycles. The third-order valence-electron chi connectivity index (χ3n) is 7.09. The maximum absolute atomic E-state index is 2.88. The van der Waals surface area contributed by atoms with E-state index in [9.17, 15) is 0 Å². The minimum Gasteiger partial charge on any atom is -0.299 e. The Morgan fingerprint density at radius 1 is 0.556 bits per heavy atom. The number of hydrogen-bond acceptors (Lipinski definition) is 3. The van der Waals surface area contributed by atoms with Gasteiger partial charge in [0.2, 0.25) is 0 Å². The largest absolute Gasteiger partial charge is 0.299 e. The number of halogens is 2. The van der Waals surface area contributed by atoms with Crippen LogP contribution in [0.5, 0.6) is 0 Å². The van der Waals surface area contributed by atoms with Crippen LogP contribution in [0, 0.1) is 0 Å². The maximum Gasteiger partial charge on any atom is 0.0217 e. The van der Waals surface area contributed by atoms with Crippen molar-refractivity contribution in [3.05, 3.63) is 12.2 Å². The molecule has 0 radical (unpaired) electrons. The van der Waals surface area contributed by atoms with E-state index in [1.165, 1.54) is 103 Å². The molecule has 3 saturated heterocycles. The molecule has 5 heteroatoms. The van der Waals surface area contributed by atoms with Gasteiger partial charge in [0.25, 0.3) is 0 Å². The van der Waals surface area contributed by atoms with Crippen LogP contribution in [0.3, 0.4) is 0 Å². The van der Waals surface area contributed by atoms with E-state index in [2.05, 4.69) is 33.7 Å². The van der Waals surface area contributed by atoms with Crippen LogP contribution in [0.1, 0.15) is 77.0 Å². The lowest BCUT2D eigenvalue weighted by Crippen LogP contribution is -2.45. The van der Waals surface area contributed by atoms with E-state index in [1.807, 2.05) is 0 Å². The third kappa shape index (κ3) is 6.28. The van der Waals surface area contributed by atoms with Gasteiger partial charge in [-0.05, 0) is 90.4 Å². The van der Waals surface area contributed by atoms with Crippen LogP contribution < -0.4 is 0 Å². The highest BCUT2D eigenvalue weighted by Gasteiger charge is 2.39. The molecule has 4 rings (SSSR count). The normalized spacial score (nSPS) is 37.5. The lowest BCUT2D eigenvalue weighted by Gasteiger charge is -2.39. The van der Waals surface area contributed by atoms with E-state index >= 15 is 0 Å². The van der Waals surface area contributed by atoms with Gasteiger partial charge in [0, 0.05) is 22.6 Å². The highest BCUT2D eigenvalue weighted by atomic mass is 35.5. The molecule has 27 heavy (non-hydrogen) atoms. The smallest absolute Gasteiger partial charge is 0.0217 e. The van der Waals surface area contributed by atoms with Gasteiger partial charge in [0.15, 0.2) is 0 Å². The fraction of sp³-hybridized carbons (Fsp3) is 0.909. The summed E-state index contributed by atoms with van der Waals surface area (Å²) in [5, 5.41) is 1.81. The molecule has 0 aromatic heterocycles. The van der Waals surface area contributed by atoms with Crippen molar-refractivity contribution in [3.8, 4) is 0 Å². The van der Waals surface area contributed by atoms with Gasteiger partial charge >= 0.3 is 0 Å². The van der Waals surface area contributed by atoms with Crippen molar-refractivity contribution in [1.29, 1.82) is 0 Å². The van der Waals surface area contributed by atoms with Crippen LogP contribution in [-0.2, 0) is 0 Å². The van der Waals surface area contributed by atoms with Crippen LogP contribution in [-0.4, -0.2) is 58.6 Å². The molecule has 4 aliphatic heterocycles. The number of likely N-dealkylation sites (tertiary alicyclic amines) is 2. The minimum absolute atomic E-state index is 0. The van der Waals surface area contributed by atoms with E-state index in [1.54, 1.807) is 0 Å². The second-order valence-electron chi connectivity index (χ2n) is 8.74. The zero-order valence-corrected chi connectivity index (χ0v) is 19.3. The van der Waals surface area contributed by atoms with Crippen molar-refractivity contribution in [2.75, 3.05) is 26.2 Å². The van der Waals surface area contributed by atoms with E-state index in [4.69, 9.17) is 0 Å². The average molecular weight is 436 g/mol. The second-order valence-corrected chi connectivity index (χ2v) is 10.2. The monoisotopic (exact) mass is 434 g/mol. The predicted octanol–water partition coefficient (Wildman–Crippen LogP) is 5.93. The summed E-state index contributed by atoms with van der Waals surface area (Å²) in [5.74, 6) is 0. The molecule has 0 aromatic rings. The summed E-state index contributed by atoms with van der Waals surface area (Å²) in [6, 6.07) is 1.69. The zero-order valence-electron chi connectivity index (χ0n) is 16.9. The predicted molar refractivity (Wildman–Crippen MR) is 125 cm³/mol. The van der Waals surface area contributed by atoms with Crippen LogP contribution in [0.25, 0.3) is 0 Å². The summed E-state index contributed by atoms with van der Waals surface area (Å²) in [6.07, 6.45) is 22.0. The molecule has 2 nitrogen and oxygen atoms in total. The molecule has 2 bridgehead atoms. The quantitative estimate of drug-likeness (QED) is 0.496. The summed E-state index contributed by atoms with van der Waals surface area (Å²) >= 11 is 2.41. The molecular formula is C22H40Cl2N2S. The molecular weight excluding hydrogens is 395 g/mol. The highest BCUT2D eigenvalue weighted by Crippen LogP contribution is 2.43. The van der Waals surface area contributed by atoms with E-state index in [0.717, 1.165) is 22.6 Å². The summed E-state index contributed by atoms with van der Waals surface area (Å²) in [7, 11) is 0. The van der Waals surface area contributed by atoms with Crippen molar-refractivity contribution in [1.82, 2.24) is 9.80 Å². The van der Waals surface area contributed by atoms with Gasteiger partial charge in [-0.2, -0.15) is 11.8 Å². The van der Waals surface area contributed by atoms with Gasteiger partial charge in [-0.3, -0.25) is 9.80 Å². The second kappa shape index (κ2) is 12.3. The molecule has 4 atom stereocenters. The molecule has 4 heterocycles. The van der Waals surface area contributed by atoms with Gasteiger partial charge in [0.1, 0.15) is 0 Å². The minimum atomic E-state index is 0. The third-order valence-corrected chi connectivity index (χ3v) is 8.89. The van der Waals surface area contributed by atoms with Crippen LogP contribution in [0.15, 0.2) is 12.2 Å². The van der Waals surface area contributed by atoms with Gasteiger partial charge in [-0.1, -0.05) is 25.0 Å². The number of nitrogens with zero attached hydrogens (tertiary/aromatic N) is 2. The topological polar surface area (TPSA) is 6.48 Å². The fourth-order valence-corrected chi connectivity index (χ4v) is 7.70. The molecule has 0 amide bonds. The number of fused-ring (bicyclic) bond motifs is 2. The van der Waals surface area contributed by atoms with Crippen molar-refractivity contribution in [3.63, 3.8) is 0 Å². The van der Waals surface area contributed by atoms with Crippen LogP contribution in [0.4, 0.5) is 0 Å². The molecule has 0 saturated carbocycles. The standard InChI is InChI=1S/C22H38N2S.2ClH/c1-2-6-12-20(24-17-9-4-10-18-24)22-14-13-21(25-22)19(11-5-1)23-15-7-3-8-16-23;;/h1-2,19-22H,3-18H2;2*1H/b2-1-;;. The van der Waals surface area contributed by atoms with Gasteiger partial charge in [0.05, 0.1) is 0 Å².